The summed E-state index contributed by atoms with van der Waals surface area (Å²) in [5.74, 6) is 0.657. The van der Waals surface area contributed by atoms with Crippen molar-refractivity contribution < 1.29 is 4.74 Å². The number of nitrogens with two attached hydrogens (primary N) is 1. The third-order valence-corrected chi connectivity index (χ3v) is 3.69. The molecule has 2 nitrogen and oxygen atoms in total. The Labute approximate surface area is 102 Å². The van der Waals surface area contributed by atoms with E-state index in [0.717, 1.165) is 24.7 Å². The largest absolute Gasteiger partial charge is 0.381 e. The minimum atomic E-state index is 0.0407. The second-order valence-corrected chi connectivity index (χ2v) is 5.32. The summed E-state index contributed by atoms with van der Waals surface area (Å²) in [6, 6.07) is 8.02. The Morgan fingerprint density at radius 3 is 2.44 bits per heavy atom. The topological polar surface area (TPSA) is 35.2 Å². The highest BCUT2D eigenvalue weighted by Crippen LogP contribution is 2.33. The molecule has 16 heavy (non-hydrogen) atoms. The molecule has 1 fully saturated rings. The van der Waals surface area contributed by atoms with Gasteiger partial charge in [0.15, 0.2) is 0 Å². The van der Waals surface area contributed by atoms with Gasteiger partial charge in [0.25, 0.3) is 0 Å². The van der Waals surface area contributed by atoms with Crippen molar-refractivity contribution >= 4 is 11.6 Å². The summed E-state index contributed by atoms with van der Waals surface area (Å²) in [4.78, 5) is 0. The van der Waals surface area contributed by atoms with Crippen LogP contribution in [-0.4, -0.2) is 19.8 Å². The van der Waals surface area contributed by atoms with Gasteiger partial charge in [-0.3, -0.25) is 0 Å². The highest BCUT2D eigenvalue weighted by atomic mass is 35.5. The maximum absolute atomic E-state index is 5.93. The van der Waals surface area contributed by atoms with Crippen molar-refractivity contribution in [1.82, 2.24) is 0 Å². The van der Waals surface area contributed by atoms with Crippen molar-refractivity contribution in [3.05, 3.63) is 34.9 Å². The molecule has 3 heteroatoms. The van der Waals surface area contributed by atoms with Gasteiger partial charge in [0.2, 0.25) is 0 Å². The lowest BCUT2D eigenvalue weighted by Crippen LogP contribution is -2.39. The first-order valence-electron chi connectivity index (χ1n) is 5.68. The maximum Gasteiger partial charge on any atom is 0.0516 e. The van der Waals surface area contributed by atoms with E-state index < -0.39 is 0 Å². The van der Waals surface area contributed by atoms with Gasteiger partial charge in [0, 0.05) is 22.9 Å². The summed E-state index contributed by atoms with van der Waals surface area (Å²) in [6.07, 6.45) is 1.09. The van der Waals surface area contributed by atoms with Crippen LogP contribution in [0, 0.1) is 5.92 Å². The molecule has 1 atom stereocenters. The molecule has 0 radical (unpaired) electrons. The van der Waals surface area contributed by atoms with Gasteiger partial charge in [-0.1, -0.05) is 30.7 Å². The summed E-state index contributed by atoms with van der Waals surface area (Å²) in [5, 5.41) is 0.773. The van der Waals surface area contributed by atoms with Crippen molar-refractivity contribution in [3.63, 3.8) is 0 Å². The molecule has 1 aliphatic rings. The predicted octanol–water partition coefficient (Wildman–Crippen LogP) is 2.59. The number of ether oxygens (including phenoxy) is 1. The van der Waals surface area contributed by atoms with E-state index in [9.17, 15) is 0 Å². The Kier molecular flexibility index (Phi) is 3.53. The van der Waals surface area contributed by atoms with Crippen LogP contribution in [0.3, 0.4) is 0 Å². The summed E-state index contributed by atoms with van der Waals surface area (Å²) >= 11 is 5.90. The van der Waals surface area contributed by atoms with E-state index in [-0.39, 0.29) is 5.41 Å². The number of halogens is 1. The molecular weight excluding hydrogens is 222 g/mol. The zero-order chi connectivity index (χ0) is 11.6. The van der Waals surface area contributed by atoms with Crippen LogP contribution in [0.2, 0.25) is 5.02 Å². The molecule has 1 aromatic rings. The molecule has 0 bridgehead atoms. The molecule has 1 saturated heterocycles. The van der Waals surface area contributed by atoms with Crippen molar-refractivity contribution in [2.45, 2.75) is 18.8 Å². The van der Waals surface area contributed by atoms with E-state index >= 15 is 0 Å². The first-order valence-corrected chi connectivity index (χ1v) is 6.06. The molecule has 1 unspecified atom stereocenters. The van der Waals surface area contributed by atoms with Crippen LogP contribution in [-0.2, 0) is 10.2 Å². The van der Waals surface area contributed by atoms with Crippen LogP contribution >= 0.6 is 11.6 Å². The van der Waals surface area contributed by atoms with Crippen molar-refractivity contribution in [3.8, 4) is 0 Å². The average molecular weight is 240 g/mol. The Morgan fingerprint density at radius 1 is 1.38 bits per heavy atom. The molecule has 2 N–H and O–H groups in total. The predicted molar refractivity (Wildman–Crippen MR) is 66.8 cm³/mol. The van der Waals surface area contributed by atoms with Crippen molar-refractivity contribution in [2.24, 2.45) is 11.7 Å². The molecule has 88 valence electrons. The molecule has 1 aliphatic heterocycles. The Morgan fingerprint density at radius 2 is 2.00 bits per heavy atom. The quantitative estimate of drug-likeness (QED) is 0.877. The minimum Gasteiger partial charge on any atom is -0.381 e. The monoisotopic (exact) mass is 239 g/mol. The Bertz CT molecular complexity index is 347. The lowest BCUT2D eigenvalue weighted by atomic mass is 9.75. The highest BCUT2D eigenvalue weighted by Gasteiger charge is 2.31. The van der Waals surface area contributed by atoms with Crippen LogP contribution < -0.4 is 5.73 Å². The zero-order valence-corrected chi connectivity index (χ0v) is 10.3. The molecule has 1 heterocycles. The van der Waals surface area contributed by atoms with Gasteiger partial charge in [-0.25, -0.2) is 0 Å². The zero-order valence-electron chi connectivity index (χ0n) is 9.58. The van der Waals surface area contributed by atoms with Crippen LogP contribution in [0.15, 0.2) is 24.3 Å². The van der Waals surface area contributed by atoms with Crippen LogP contribution in [0.1, 0.15) is 18.9 Å². The summed E-state index contributed by atoms with van der Waals surface area (Å²) in [5.41, 5.74) is 7.24. The molecule has 2 rings (SSSR count). The van der Waals surface area contributed by atoms with E-state index in [0.29, 0.717) is 12.5 Å². The van der Waals surface area contributed by atoms with Gasteiger partial charge < -0.3 is 10.5 Å². The number of hydrogen-bond donors (Lipinski definition) is 1. The second kappa shape index (κ2) is 4.74. The Balaban J connectivity index is 2.15. The van der Waals surface area contributed by atoms with Gasteiger partial charge in [-0.15, -0.1) is 0 Å². The first-order chi connectivity index (χ1) is 7.64. The van der Waals surface area contributed by atoms with E-state index in [4.69, 9.17) is 22.1 Å². The summed E-state index contributed by atoms with van der Waals surface area (Å²) < 4.78 is 5.22. The molecule has 0 saturated carbocycles. The van der Waals surface area contributed by atoms with E-state index in [2.05, 4.69) is 19.1 Å². The lowest BCUT2D eigenvalue weighted by Gasteiger charge is -2.36. The third-order valence-electron chi connectivity index (χ3n) is 3.44. The average Bonchev–Trinajstić information content (AvgIpc) is 2.24. The van der Waals surface area contributed by atoms with Crippen molar-refractivity contribution in [2.75, 3.05) is 19.8 Å². The van der Waals surface area contributed by atoms with Crippen LogP contribution in [0.5, 0.6) is 0 Å². The van der Waals surface area contributed by atoms with Gasteiger partial charge in [-0.05, 0) is 24.1 Å². The van der Waals surface area contributed by atoms with Gasteiger partial charge in [0.1, 0.15) is 0 Å². The molecular formula is C13H18ClNO. The number of benzene rings is 1. The SMILES string of the molecule is CC(CN)(CC1COC1)c1ccc(Cl)cc1. The normalized spacial score (nSPS) is 20.2. The number of hydrogen-bond acceptors (Lipinski definition) is 2. The maximum atomic E-state index is 5.93. The second-order valence-electron chi connectivity index (χ2n) is 4.88. The van der Waals surface area contributed by atoms with E-state index in [1.807, 2.05) is 12.1 Å². The van der Waals surface area contributed by atoms with Gasteiger partial charge >= 0.3 is 0 Å². The fourth-order valence-electron chi connectivity index (χ4n) is 2.21. The smallest absolute Gasteiger partial charge is 0.0516 e. The van der Waals surface area contributed by atoms with E-state index in [1.54, 1.807) is 0 Å². The number of rotatable bonds is 4. The van der Waals surface area contributed by atoms with Crippen LogP contribution in [0.4, 0.5) is 0 Å². The third kappa shape index (κ3) is 2.40. The van der Waals surface area contributed by atoms with Gasteiger partial charge in [-0.2, -0.15) is 0 Å². The molecule has 0 spiro atoms. The molecule has 0 amide bonds. The first kappa shape index (κ1) is 11.9. The summed E-state index contributed by atoms with van der Waals surface area (Å²) in [6.45, 7) is 4.63. The van der Waals surface area contributed by atoms with Crippen molar-refractivity contribution in [1.29, 1.82) is 0 Å². The van der Waals surface area contributed by atoms with Crippen LogP contribution in [0.25, 0.3) is 0 Å². The lowest BCUT2D eigenvalue weighted by molar-refractivity contribution is -0.0441. The molecule has 0 aromatic heterocycles. The summed E-state index contributed by atoms with van der Waals surface area (Å²) in [7, 11) is 0. The van der Waals surface area contributed by atoms with E-state index in [1.165, 1.54) is 5.56 Å². The molecule has 0 aliphatic carbocycles. The fourth-order valence-corrected chi connectivity index (χ4v) is 2.34. The standard InChI is InChI=1S/C13H18ClNO/c1-13(9-15,6-10-7-16-8-10)11-2-4-12(14)5-3-11/h2-5,10H,6-9,15H2,1H3. The highest BCUT2D eigenvalue weighted by molar-refractivity contribution is 6.30. The van der Waals surface area contributed by atoms with Gasteiger partial charge in [0.05, 0.1) is 13.2 Å². The fraction of sp³-hybridized carbons (Fsp3) is 0.538. The molecule has 1 aromatic carbocycles. The minimum absolute atomic E-state index is 0.0407. The Hall–Kier alpha value is -0.570.